The normalized spacial score (nSPS) is 14.9. The summed E-state index contributed by atoms with van der Waals surface area (Å²) in [7, 11) is 0. The molecule has 1 N–H and O–H groups in total. The molecule has 0 aliphatic carbocycles. The molecule has 0 aromatic heterocycles. The van der Waals surface area contributed by atoms with Gasteiger partial charge in [-0.3, -0.25) is 0 Å². The number of para-hydroxylation sites is 1. The quantitative estimate of drug-likeness (QED) is 0.915. The van der Waals surface area contributed by atoms with Crippen LogP contribution in [0.15, 0.2) is 40.9 Å². The molecule has 0 spiro atoms. The molecule has 1 heterocycles. The maximum atomic E-state index is 14.0. The zero-order valence-corrected chi connectivity index (χ0v) is 11.7. The molecule has 1 atom stereocenters. The average Bonchev–Trinajstić information content (AvgIpc) is 2.89. The molecule has 0 fully saturated rings. The van der Waals surface area contributed by atoms with Crippen LogP contribution in [0.5, 0.6) is 5.75 Å². The van der Waals surface area contributed by atoms with Crippen molar-refractivity contribution in [1.29, 1.82) is 0 Å². The van der Waals surface area contributed by atoms with E-state index in [1.807, 2.05) is 12.1 Å². The summed E-state index contributed by atoms with van der Waals surface area (Å²) in [6.07, 6.45) is -0.192. The van der Waals surface area contributed by atoms with Gasteiger partial charge in [-0.05, 0) is 27.6 Å². The standard InChI is InChI=1S/C15H12BrFO2/c16-12-6-2-4-10(13(12)17)14(18)11-5-1-3-9-7-8-19-15(9)11/h1-6,14,18H,7-8H2. The molecule has 1 aliphatic rings. The highest BCUT2D eigenvalue weighted by Crippen LogP contribution is 2.37. The molecule has 98 valence electrons. The minimum Gasteiger partial charge on any atom is -0.493 e. The highest BCUT2D eigenvalue weighted by atomic mass is 79.9. The number of rotatable bonds is 2. The molecule has 0 amide bonds. The number of aliphatic hydroxyl groups excluding tert-OH is 1. The summed E-state index contributed by atoms with van der Waals surface area (Å²) in [5, 5.41) is 10.4. The number of ether oxygens (including phenoxy) is 1. The Morgan fingerprint density at radius 1 is 1.16 bits per heavy atom. The molecule has 1 unspecified atom stereocenters. The summed E-state index contributed by atoms with van der Waals surface area (Å²) in [5.74, 6) is 0.250. The monoisotopic (exact) mass is 322 g/mol. The van der Waals surface area contributed by atoms with Gasteiger partial charge in [0.05, 0.1) is 11.1 Å². The van der Waals surface area contributed by atoms with Gasteiger partial charge >= 0.3 is 0 Å². The van der Waals surface area contributed by atoms with E-state index in [1.54, 1.807) is 24.3 Å². The molecule has 4 heteroatoms. The summed E-state index contributed by atoms with van der Waals surface area (Å²) in [6.45, 7) is 0.611. The van der Waals surface area contributed by atoms with Crippen LogP contribution in [-0.4, -0.2) is 11.7 Å². The zero-order valence-electron chi connectivity index (χ0n) is 10.1. The largest absolute Gasteiger partial charge is 0.493 e. The number of halogens is 2. The lowest BCUT2D eigenvalue weighted by atomic mass is 9.98. The van der Waals surface area contributed by atoms with Crippen LogP contribution in [0.4, 0.5) is 4.39 Å². The van der Waals surface area contributed by atoms with Crippen LogP contribution in [0, 0.1) is 5.82 Å². The van der Waals surface area contributed by atoms with Crippen molar-refractivity contribution in [1.82, 2.24) is 0 Å². The molecule has 19 heavy (non-hydrogen) atoms. The Labute approximate surface area is 119 Å². The average molecular weight is 323 g/mol. The van der Waals surface area contributed by atoms with Gasteiger partial charge < -0.3 is 9.84 Å². The van der Waals surface area contributed by atoms with Gasteiger partial charge in [-0.15, -0.1) is 0 Å². The number of aliphatic hydroxyl groups is 1. The van der Waals surface area contributed by atoms with Crippen molar-refractivity contribution in [3.63, 3.8) is 0 Å². The van der Waals surface area contributed by atoms with Gasteiger partial charge in [-0.2, -0.15) is 0 Å². The molecular weight excluding hydrogens is 311 g/mol. The van der Waals surface area contributed by atoms with Crippen molar-refractivity contribution in [3.05, 3.63) is 63.4 Å². The summed E-state index contributed by atoms with van der Waals surface area (Å²) >= 11 is 3.13. The van der Waals surface area contributed by atoms with Crippen LogP contribution in [0.25, 0.3) is 0 Å². The third-order valence-electron chi connectivity index (χ3n) is 3.32. The smallest absolute Gasteiger partial charge is 0.143 e. The maximum Gasteiger partial charge on any atom is 0.143 e. The molecule has 3 rings (SSSR count). The molecule has 0 saturated heterocycles. The first-order valence-electron chi connectivity index (χ1n) is 6.05. The zero-order chi connectivity index (χ0) is 13.4. The third kappa shape index (κ3) is 2.15. The van der Waals surface area contributed by atoms with Gasteiger partial charge in [-0.1, -0.05) is 30.3 Å². The number of fused-ring (bicyclic) bond motifs is 1. The lowest BCUT2D eigenvalue weighted by molar-refractivity contribution is 0.208. The van der Waals surface area contributed by atoms with E-state index in [1.165, 1.54) is 0 Å². The summed E-state index contributed by atoms with van der Waals surface area (Å²) < 4.78 is 19.9. The predicted octanol–water partition coefficient (Wildman–Crippen LogP) is 3.60. The van der Waals surface area contributed by atoms with Crippen molar-refractivity contribution in [2.24, 2.45) is 0 Å². The van der Waals surface area contributed by atoms with Gasteiger partial charge in [0.25, 0.3) is 0 Å². The van der Waals surface area contributed by atoms with Gasteiger partial charge in [0.1, 0.15) is 17.7 Å². The van der Waals surface area contributed by atoms with E-state index in [4.69, 9.17) is 4.74 Å². The first-order chi connectivity index (χ1) is 9.18. The topological polar surface area (TPSA) is 29.5 Å². The Bertz CT molecular complexity index is 628. The van der Waals surface area contributed by atoms with E-state index in [2.05, 4.69) is 15.9 Å². The minimum atomic E-state index is -1.02. The Morgan fingerprint density at radius 3 is 2.74 bits per heavy atom. The summed E-state index contributed by atoms with van der Waals surface area (Å²) in [6, 6.07) is 10.5. The van der Waals surface area contributed by atoms with E-state index in [0.717, 1.165) is 12.0 Å². The molecule has 1 aliphatic heterocycles. The van der Waals surface area contributed by atoms with Crippen LogP contribution in [-0.2, 0) is 6.42 Å². The van der Waals surface area contributed by atoms with Crippen molar-refractivity contribution in [3.8, 4) is 5.75 Å². The Hall–Kier alpha value is -1.39. The van der Waals surface area contributed by atoms with E-state index in [0.29, 0.717) is 22.4 Å². The molecular formula is C15H12BrFO2. The lowest BCUT2D eigenvalue weighted by Crippen LogP contribution is -2.05. The SMILES string of the molecule is OC(c1cccc(Br)c1F)c1cccc2c1OCC2. The molecule has 2 aromatic carbocycles. The molecule has 0 radical (unpaired) electrons. The van der Waals surface area contributed by atoms with Crippen molar-refractivity contribution in [2.75, 3.05) is 6.61 Å². The fraction of sp³-hybridized carbons (Fsp3) is 0.200. The minimum absolute atomic E-state index is 0.248. The van der Waals surface area contributed by atoms with Crippen LogP contribution >= 0.6 is 15.9 Å². The number of hydrogen-bond donors (Lipinski definition) is 1. The Kier molecular flexibility index (Phi) is 3.29. The summed E-state index contributed by atoms with van der Waals surface area (Å²) in [5.41, 5.74) is 1.93. The second-order valence-electron chi connectivity index (χ2n) is 4.48. The molecule has 0 bridgehead atoms. The van der Waals surface area contributed by atoms with E-state index < -0.39 is 11.9 Å². The van der Waals surface area contributed by atoms with Crippen molar-refractivity contribution < 1.29 is 14.2 Å². The fourth-order valence-electron chi connectivity index (χ4n) is 2.36. The molecule has 2 aromatic rings. The van der Waals surface area contributed by atoms with Crippen molar-refractivity contribution in [2.45, 2.75) is 12.5 Å². The highest BCUT2D eigenvalue weighted by Gasteiger charge is 2.24. The summed E-state index contributed by atoms with van der Waals surface area (Å²) in [4.78, 5) is 0. The van der Waals surface area contributed by atoms with Crippen LogP contribution in [0.3, 0.4) is 0 Å². The Balaban J connectivity index is 2.08. The van der Waals surface area contributed by atoms with Crippen LogP contribution in [0.1, 0.15) is 22.8 Å². The lowest BCUT2D eigenvalue weighted by Gasteiger charge is -2.16. The van der Waals surface area contributed by atoms with Crippen LogP contribution < -0.4 is 4.74 Å². The third-order valence-corrected chi connectivity index (χ3v) is 3.93. The predicted molar refractivity (Wildman–Crippen MR) is 73.8 cm³/mol. The maximum absolute atomic E-state index is 14.0. The van der Waals surface area contributed by atoms with Crippen LogP contribution in [0.2, 0.25) is 0 Å². The first kappa shape index (κ1) is 12.6. The van der Waals surface area contributed by atoms with E-state index >= 15 is 0 Å². The second kappa shape index (κ2) is 4.94. The fourth-order valence-corrected chi connectivity index (χ4v) is 2.74. The van der Waals surface area contributed by atoms with Gasteiger partial charge in [0.2, 0.25) is 0 Å². The van der Waals surface area contributed by atoms with E-state index in [9.17, 15) is 9.50 Å². The highest BCUT2D eigenvalue weighted by molar-refractivity contribution is 9.10. The number of hydrogen-bond acceptors (Lipinski definition) is 2. The number of benzene rings is 2. The second-order valence-corrected chi connectivity index (χ2v) is 5.33. The van der Waals surface area contributed by atoms with Gasteiger partial charge in [0, 0.05) is 17.5 Å². The van der Waals surface area contributed by atoms with Gasteiger partial charge in [-0.25, -0.2) is 4.39 Å². The first-order valence-corrected chi connectivity index (χ1v) is 6.84. The molecule has 0 saturated carbocycles. The van der Waals surface area contributed by atoms with E-state index in [-0.39, 0.29) is 5.56 Å². The van der Waals surface area contributed by atoms with Crippen molar-refractivity contribution >= 4 is 15.9 Å². The van der Waals surface area contributed by atoms with Gasteiger partial charge in [0.15, 0.2) is 0 Å². The molecule has 2 nitrogen and oxygen atoms in total. The Morgan fingerprint density at radius 2 is 1.89 bits per heavy atom.